The molecule has 0 aliphatic carbocycles. The van der Waals surface area contributed by atoms with Gasteiger partial charge in [0, 0.05) is 24.8 Å². The largest absolute Gasteiger partial charge is 0.497 e. The molecule has 0 unspecified atom stereocenters. The molecule has 0 aliphatic rings. The van der Waals surface area contributed by atoms with Gasteiger partial charge in [0.2, 0.25) is 0 Å². The van der Waals surface area contributed by atoms with E-state index in [2.05, 4.69) is 20.2 Å². The van der Waals surface area contributed by atoms with Gasteiger partial charge in [-0.3, -0.25) is 4.79 Å². The molecule has 116 valence electrons. The van der Waals surface area contributed by atoms with E-state index in [1.807, 2.05) is 13.8 Å². The monoisotopic (exact) mass is 300 g/mol. The van der Waals surface area contributed by atoms with Gasteiger partial charge in [-0.25, -0.2) is 9.97 Å². The molecular formula is C16H20N4O2. The van der Waals surface area contributed by atoms with E-state index in [-0.39, 0.29) is 5.91 Å². The zero-order chi connectivity index (χ0) is 15.9. The van der Waals surface area contributed by atoms with Crippen LogP contribution in [0, 0.1) is 0 Å². The van der Waals surface area contributed by atoms with E-state index in [9.17, 15) is 4.79 Å². The summed E-state index contributed by atoms with van der Waals surface area (Å²) in [5.41, 5.74) is 1.03. The van der Waals surface area contributed by atoms with E-state index in [0.29, 0.717) is 11.4 Å². The lowest BCUT2D eigenvalue weighted by Crippen LogP contribution is -2.24. The van der Waals surface area contributed by atoms with Crippen LogP contribution >= 0.6 is 0 Å². The van der Waals surface area contributed by atoms with Crippen molar-refractivity contribution in [3.8, 4) is 5.75 Å². The molecule has 2 aromatic rings. The van der Waals surface area contributed by atoms with Crippen molar-refractivity contribution < 1.29 is 9.53 Å². The van der Waals surface area contributed by atoms with Gasteiger partial charge in [0.15, 0.2) is 0 Å². The van der Waals surface area contributed by atoms with Crippen molar-refractivity contribution in [2.24, 2.45) is 0 Å². The van der Waals surface area contributed by atoms with Crippen LogP contribution in [0.4, 0.5) is 11.5 Å². The number of benzene rings is 1. The molecule has 0 aliphatic heterocycles. The average molecular weight is 300 g/mol. The molecule has 1 amide bonds. The second kappa shape index (κ2) is 7.40. The normalized spacial score (nSPS) is 10.1. The minimum Gasteiger partial charge on any atom is -0.497 e. The van der Waals surface area contributed by atoms with E-state index >= 15 is 0 Å². The van der Waals surface area contributed by atoms with Crippen molar-refractivity contribution in [2.45, 2.75) is 13.8 Å². The summed E-state index contributed by atoms with van der Waals surface area (Å²) in [4.78, 5) is 22.6. The van der Waals surface area contributed by atoms with Gasteiger partial charge in [-0.15, -0.1) is 0 Å². The van der Waals surface area contributed by atoms with Gasteiger partial charge in [0.05, 0.1) is 7.11 Å². The maximum Gasteiger partial charge on any atom is 0.274 e. The summed E-state index contributed by atoms with van der Waals surface area (Å²) in [6.07, 6.45) is 1.41. The number of ether oxygens (including phenoxy) is 1. The molecule has 0 atom stereocenters. The highest BCUT2D eigenvalue weighted by atomic mass is 16.5. The molecule has 1 aromatic heterocycles. The molecule has 0 bridgehead atoms. The molecule has 0 spiro atoms. The Morgan fingerprint density at radius 2 is 1.86 bits per heavy atom. The Hall–Kier alpha value is -2.63. The first kappa shape index (κ1) is 15.8. The molecule has 0 saturated carbocycles. The maximum absolute atomic E-state index is 12.3. The SMILES string of the molecule is CCN(CC)c1cc(C(=O)Nc2ccc(OC)cc2)ncn1. The number of amides is 1. The fourth-order valence-electron chi connectivity index (χ4n) is 2.06. The number of methoxy groups -OCH3 is 1. The van der Waals surface area contributed by atoms with Gasteiger partial charge in [-0.2, -0.15) is 0 Å². The molecule has 6 nitrogen and oxygen atoms in total. The van der Waals surface area contributed by atoms with Crippen LogP contribution in [0.5, 0.6) is 5.75 Å². The van der Waals surface area contributed by atoms with Crippen molar-refractivity contribution in [1.29, 1.82) is 0 Å². The average Bonchev–Trinajstić information content (AvgIpc) is 2.57. The molecule has 22 heavy (non-hydrogen) atoms. The summed E-state index contributed by atoms with van der Waals surface area (Å²) in [5, 5.41) is 2.81. The second-order valence-electron chi connectivity index (χ2n) is 4.62. The number of carbonyl (C=O) groups excluding carboxylic acids is 1. The number of anilines is 2. The highest BCUT2D eigenvalue weighted by Gasteiger charge is 2.11. The van der Waals surface area contributed by atoms with Gasteiger partial charge < -0.3 is 15.0 Å². The topological polar surface area (TPSA) is 67.4 Å². The number of rotatable bonds is 6. The molecule has 0 fully saturated rings. The van der Waals surface area contributed by atoms with E-state index in [0.717, 1.165) is 24.7 Å². The number of aromatic nitrogens is 2. The Bertz CT molecular complexity index is 624. The first-order valence-electron chi connectivity index (χ1n) is 7.20. The van der Waals surface area contributed by atoms with Crippen LogP contribution in [-0.2, 0) is 0 Å². The summed E-state index contributed by atoms with van der Waals surface area (Å²) in [7, 11) is 1.60. The zero-order valence-corrected chi connectivity index (χ0v) is 13.0. The summed E-state index contributed by atoms with van der Waals surface area (Å²) in [6.45, 7) is 5.74. The van der Waals surface area contributed by atoms with Crippen molar-refractivity contribution in [1.82, 2.24) is 9.97 Å². The van der Waals surface area contributed by atoms with Crippen LogP contribution in [0.2, 0.25) is 0 Å². The van der Waals surface area contributed by atoms with Gasteiger partial charge in [0.25, 0.3) is 5.91 Å². The van der Waals surface area contributed by atoms with Crippen molar-refractivity contribution >= 4 is 17.4 Å². The van der Waals surface area contributed by atoms with Gasteiger partial charge in [-0.1, -0.05) is 0 Å². The van der Waals surface area contributed by atoms with E-state index in [1.165, 1.54) is 6.33 Å². The molecule has 0 radical (unpaired) electrons. The number of carbonyl (C=O) groups is 1. The van der Waals surface area contributed by atoms with Crippen LogP contribution in [0.3, 0.4) is 0 Å². The number of nitrogens with zero attached hydrogens (tertiary/aromatic N) is 3. The minimum atomic E-state index is -0.263. The fraction of sp³-hybridized carbons (Fsp3) is 0.312. The lowest BCUT2D eigenvalue weighted by molar-refractivity contribution is 0.102. The first-order valence-corrected chi connectivity index (χ1v) is 7.20. The van der Waals surface area contributed by atoms with Crippen LogP contribution < -0.4 is 15.0 Å². The summed E-state index contributed by atoms with van der Waals surface area (Å²) in [6, 6.07) is 8.84. The van der Waals surface area contributed by atoms with Crippen LogP contribution in [0.15, 0.2) is 36.7 Å². The third kappa shape index (κ3) is 3.72. The first-order chi connectivity index (χ1) is 10.7. The quantitative estimate of drug-likeness (QED) is 0.888. The van der Waals surface area contributed by atoms with Crippen LogP contribution in [-0.4, -0.2) is 36.1 Å². The van der Waals surface area contributed by atoms with E-state index < -0.39 is 0 Å². The Kier molecular flexibility index (Phi) is 5.30. The molecule has 1 aromatic carbocycles. The Morgan fingerprint density at radius 3 is 2.45 bits per heavy atom. The molecule has 1 heterocycles. The lowest BCUT2D eigenvalue weighted by atomic mass is 10.3. The minimum absolute atomic E-state index is 0.263. The molecule has 0 saturated heterocycles. The molecule has 2 rings (SSSR count). The van der Waals surface area contributed by atoms with E-state index in [1.54, 1.807) is 37.4 Å². The highest BCUT2D eigenvalue weighted by molar-refractivity contribution is 6.03. The van der Waals surface area contributed by atoms with Crippen molar-refractivity contribution in [2.75, 3.05) is 30.4 Å². The Morgan fingerprint density at radius 1 is 1.18 bits per heavy atom. The van der Waals surface area contributed by atoms with E-state index in [4.69, 9.17) is 4.74 Å². The maximum atomic E-state index is 12.3. The molecule has 6 heteroatoms. The molecular weight excluding hydrogens is 280 g/mol. The standard InChI is InChI=1S/C16H20N4O2/c1-4-20(5-2)15-10-14(17-11-18-15)16(21)19-12-6-8-13(22-3)9-7-12/h6-11H,4-5H2,1-3H3,(H,19,21). The Labute approximate surface area is 130 Å². The smallest absolute Gasteiger partial charge is 0.274 e. The number of nitrogens with one attached hydrogen (secondary N) is 1. The van der Waals surface area contributed by atoms with Gasteiger partial charge in [-0.05, 0) is 38.1 Å². The van der Waals surface area contributed by atoms with Crippen LogP contribution in [0.1, 0.15) is 24.3 Å². The second-order valence-corrected chi connectivity index (χ2v) is 4.62. The molecule has 1 N–H and O–H groups in total. The van der Waals surface area contributed by atoms with Gasteiger partial charge >= 0.3 is 0 Å². The lowest BCUT2D eigenvalue weighted by Gasteiger charge is -2.19. The van der Waals surface area contributed by atoms with Crippen LogP contribution in [0.25, 0.3) is 0 Å². The van der Waals surface area contributed by atoms with Crippen molar-refractivity contribution in [3.63, 3.8) is 0 Å². The number of hydrogen-bond donors (Lipinski definition) is 1. The third-order valence-electron chi connectivity index (χ3n) is 3.32. The third-order valence-corrected chi connectivity index (χ3v) is 3.32. The Balaban J connectivity index is 2.13. The predicted molar refractivity (Wildman–Crippen MR) is 86.5 cm³/mol. The predicted octanol–water partition coefficient (Wildman–Crippen LogP) is 2.58. The highest BCUT2D eigenvalue weighted by Crippen LogP contribution is 2.16. The summed E-state index contributed by atoms with van der Waals surface area (Å²) >= 11 is 0. The number of hydrogen-bond acceptors (Lipinski definition) is 5. The fourth-order valence-corrected chi connectivity index (χ4v) is 2.06. The zero-order valence-electron chi connectivity index (χ0n) is 13.0. The van der Waals surface area contributed by atoms with Gasteiger partial charge in [0.1, 0.15) is 23.6 Å². The summed E-state index contributed by atoms with van der Waals surface area (Å²) in [5.74, 6) is 1.23. The summed E-state index contributed by atoms with van der Waals surface area (Å²) < 4.78 is 5.09. The van der Waals surface area contributed by atoms with Crippen molar-refractivity contribution in [3.05, 3.63) is 42.4 Å².